The number of carbonyl (C=O) groups is 2. The summed E-state index contributed by atoms with van der Waals surface area (Å²) < 4.78 is 1.80. The molecule has 1 aliphatic heterocycles. The molecule has 0 spiro atoms. The molecule has 0 saturated heterocycles. The van der Waals surface area contributed by atoms with E-state index in [0.29, 0.717) is 17.7 Å². The number of benzene rings is 1. The zero-order valence-electron chi connectivity index (χ0n) is 11.9. The third-order valence-electron chi connectivity index (χ3n) is 3.55. The van der Waals surface area contributed by atoms with Gasteiger partial charge in [0, 0.05) is 31.0 Å². The molecule has 1 aromatic carbocycles. The summed E-state index contributed by atoms with van der Waals surface area (Å²) in [5, 5.41) is 9.94. The first-order valence-electron chi connectivity index (χ1n) is 6.83. The van der Waals surface area contributed by atoms with Crippen molar-refractivity contribution >= 4 is 17.5 Å². The van der Waals surface area contributed by atoms with Crippen molar-refractivity contribution in [1.82, 2.24) is 15.1 Å². The molecular weight excluding hydrogens is 268 g/mol. The Hall–Kier alpha value is -2.63. The van der Waals surface area contributed by atoms with Gasteiger partial charge in [0.05, 0.1) is 16.8 Å². The van der Waals surface area contributed by atoms with E-state index in [1.807, 2.05) is 13.2 Å². The van der Waals surface area contributed by atoms with Crippen LogP contribution in [0, 0.1) is 0 Å². The van der Waals surface area contributed by atoms with E-state index in [0.717, 1.165) is 23.4 Å². The summed E-state index contributed by atoms with van der Waals surface area (Å²) in [4.78, 5) is 23.1. The lowest BCUT2D eigenvalue weighted by molar-refractivity contribution is 0.0879. The highest BCUT2D eigenvalue weighted by molar-refractivity contribution is 6.21. The molecule has 0 saturated carbocycles. The smallest absolute Gasteiger partial charge is 0.259 e. The molecule has 6 heteroatoms. The molecule has 0 fully saturated rings. The van der Waals surface area contributed by atoms with Gasteiger partial charge in [-0.2, -0.15) is 5.10 Å². The molecule has 2 N–H and O–H groups in total. The van der Waals surface area contributed by atoms with E-state index in [2.05, 4.69) is 22.7 Å². The van der Waals surface area contributed by atoms with Crippen LogP contribution in [-0.2, 0) is 20.0 Å². The number of anilines is 1. The molecule has 21 heavy (non-hydrogen) atoms. The Morgan fingerprint density at radius 1 is 1.24 bits per heavy atom. The van der Waals surface area contributed by atoms with Crippen molar-refractivity contribution in [2.75, 3.05) is 5.32 Å². The van der Waals surface area contributed by atoms with E-state index >= 15 is 0 Å². The predicted molar refractivity (Wildman–Crippen MR) is 78.2 cm³/mol. The van der Waals surface area contributed by atoms with Crippen LogP contribution >= 0.6 is 0 Å². The average Bonchev–Trinajstić information content (AvgIpc) is 2.97. The van der Waals surface area contributed by atoms with Crippen LogP contribution in [0.2, 0.25) is 0 Å². The number of hydrogen-bond acceptors (Lipinski definition) is 4. The van der Waals surface area contributed by atoms with Crippen LogP contribution in [0.25, 0.3) is 0 Å². The minimum Gasteiger partial charge on any atom is -0.381 e. The van der Waals surface area contributed by atoms with E-state index in [1.54, 1.807) is 22.9 Å². The van der Waals surface area contributed by atoms with Crippen LogP contribution in [0.5, 0.6) is 0 Å². The molecule has 3 rings (SSSR count). The van der Waals surface area contributed by atoms with Gasteiger partial charge in [-0.25, -0.2) is 0 Å². The largest absolute Gasteiger partial charge is 0.381 e. The molecule has 0 unspecified atom stereocenters. The van der Waals surface area contributed by atoms with Gasteiger partial charge in [-0.3, -0.25) is 19.6 Å². The maximum Gasteiger partial charge on any atom is 0.259 e. The Balaban J connectivity index is 1.79. The first-order valence-corrected chi connectivity index (χ1v) is 6.83. The maximum absolute atomic E-state index is 11.6. The molecule has 2 heterocycles. The molecule has 2 aromatic rings. The summed E-state index contributed by atoms with van der Waals surface area (Å²) in [6.07, 6.45) is 2.86. The van der Waals surface area contributed by atoms with Gasteiger partial charge in [0.1, 0.15) is 0 Å². The van der Waals surface area contributed by atoms with Gasteiger partial charge in [0.25, 0.3) is 11.8 Å². The number of aryl methyl sites for hydroxylation is 2. The summed E-state index contributed by atoms with van der Waals surface area (Å²) in [5.74, 6) is -0.670. The minimum atomic E-state index is -0.339. The molecular formula is C15H16N4O2. The Bertz CT molecular complexity index is 733. The molecule has 6 nitrogen and oxygen atoms in total. The number of imide groups is 1. The van der Waals surface area contributed by atoms with Crippen molar-refractivity contribution in [3.63, 3.8) is 0 Å². The Kier molecular flexibility index (Phi) is 3.21. The monoisotopic (exact) mass is 284 g/mol. The van der Waals surface area contributed by atoms with Gasteiger partial charge in [-0.15, -0.1) is 0 Å². The Labute approximate surface area is 122 Å². The topological polar surface area (TPSA) is 76.0 Å². The lowest BCUT2D eigenvalue weighted by Crippen LogP contribution is -2.19. The van der Waals surface area contributed by atoms with Crippen LogP contribution in [0.4, 0.5) is 5.69 Å². The number of carbonyl (C=O) groups excluding carboxylic acids is 2. The third-order valence-corrected chi connectivity index (χ3v) is 3.55. The summed E-state index contributed by atoms with van der Waals surface area (Å²) in [6, 6.07) is 5.18. The van der Waals surface area contributed by atoms with E-state index < -0.39 is 0 Å². The van der Waals surface area contributed by atoms with Crippen molar-refractivity contribution < 1.29 is 9.59 Å². The normalized spacial score (nSPS) is 13.2. The second-order valence-corrected chi connectivity index (χ2v) is 5.03. The van der Waals surface area contributed by atoms with Crippen LogP contribution in [0.15, 0.2) is 24.4 Å². The van der Waals surface area contributed by atoms with Crippen LogP contribution in [-0.4, -0.2) is 21.6 Å². The molecule has 0 radical (unpaired) electrons. The zero-order valence-corrected chi connectivity index (χ0v) is 11.9. The average molecular weight is 284 g/mol. The molecule has 0 bridgehead atoms. The van der Waals surface area contributed by atoms with Crippen molar-refractivity contribution in [1.29, 1.82) is 0 Å². The number of fused-ring (bicyclic) bond motifs is 1. The van der Waals surface area contributed by atoms with E-state index in [1.165, 1.54) is 0 Å². The lowest BCUT2D eigenvalue weighted by atomic mass is 10.1. The highest BCUT2D eigenvalue weighted by atomic mass is 16.2. The number of nitrogens with zero attached hydrogens (tertiary/aromatic N) is 2. The van der Waals surface area contributed by atoms with Crippen molar-refractivity contribution in [3.05, 3.63) is 46.8 Å². The van der Waals surface area contributed by atoms with Gasteiger partial charge in [-0.1, -0.05) is 6.92 Å². The molecule has 0 atom stereocenters. The highest BCUT2D eigenvalue weighted by Gasteiger charge is 2.26. The first kappa shape index (κ1) is 13.4. The van der Waals surface area contributed by atoms with Crippen molar-refractivity contribution in [2.24, 2.45) is 7.05 Å². The number of rotatable bonds is 4. The second-order valence-electron chi connectivity index (χ2n) is 5.03. The van der Waals surface area contributed by atoms with Crippen molar-refractivity contribution in [2.45, 2.75) is 19.9 Å². The van der Waals surface area contributed by atoms with Gasteiger partial charge >= 0.3 is 0 Å². The Morgan fingerprint density at radius 2 is 2.00 bits per heavy atom. The van der Waals surface area contributed by atoms with Gasteiger partial charge in [0.15, 0.2) is 0 Å². The fourth-order valence-electron chi connectivity index (χ4n) is 2.50. The molecule has 1 aromatic heterocycles. The summed E-state index contributed by atoms with van der Waals surface area (Å²) in [6.45, 7) is 2.70. The fourth-order valence-corrected chi connectivity index (χ4v) is 2.50. The summed E-state index contributed by atoms with van der Waals surface area (Å²) in [5.41, 5.74) is 3.85. The Morgan fingerprint density at radius 3 is 2.76 bits per heavy atom. The van der Waals surface area contributed by atoms with E-state index in [4.69, 9.17) is 0 Å². The molecule has 1 aliphatic rings. The lowest BCUT2D eigenvalue weighted by Gasteiger charge is -2.07. The van der Waals surface area contributed by atoms with Gasteiger partial charge in [-0.05, 0) is 24.6 Å². The van der Waals surface area contributed by atoms with Crippen LogP contribution < -0.4 is 10.6 Å². The highest BCUT2D eigenvalue weighted by Crippen LogP contribution is 2.21. The maximum atomic E-state index is 11.6. The molecule has 0 aliphatic carbocycles. The standard InChI is InChI=1S/C15H16N4O2/c1-3-13-9(8-19(2)18-13)7-16-10-4-5-11-12(6-10)15(21)17-14(11)20/h4-6,8,16H,3,7H2,1-2H3,(H,17,20,21). The van der Waals surface area contributed by atoms with Crippen LogP contribution in [0.3, 0.4) is 0 Å². The zero-order chi connectivity index (χ0) is 15.0. The quantitative estimate of drug-likeness (QED) is 0.834. The van der Waals surface area contributed by atoms with Crippen LogP contribution in [0.1, 0.15) is 38.9 Å². The van der Waals surface area contributed by atoms with E-state index in [-0.39, 0.29) is 11.8 Å². The summed E-state index contributed by atoms with van der Waals surface area (Å²) >= 11 is 0. The number of aromatic nitrogens is 2. The van der Waals surface area contributed by atoms with Gasteiger partial charge < -0.3 is 5.32 Å². The SMILES string of the molecule is CCc1nn(C)cc1CNc1ccc2c(c1)C(=O)NC2=O. The number of hydrogen-bond donors (Lipinski definition) is 2. The third kappa shape index (κ3) is 2.40. The predicted octanol–water partition coefficient (Wildman–Crippen LogP) is 1.48. The first-order chi connectivity index (χ1) is 10.1. The van der Waals surface area contributed by atoms with Crippen molar-refractivity contribution in [3.8, 4) is 0 Å². The van der Waals surface area contributed by atoms with Gasteiger partial charge in [0.2, 0.25) is 0 Å². The second kappa shape index (κ2) is 5.05. The number of nitrogens with one attached hydrogen (secondary N) is 2. The molecule has 108 valence electrons. The molecule has 2 amide bonds. The number of amides is 2. The van der Waals surface area contributed by atoms with E-state index in [9.17, 15) is 9.59 Å². The minimum absolute atomic E-state index is 0.331. The summed E-state index contributed by atoms with van der Waals surface area (Å²) in [7, 11) is 1.90. The fraction of sp³-hybridized carbons (Fsp3) is 0.267.